The molecule has 3 nitrogen and oxygen atoms in total. The third-order valence-corrected chi connectivity index (χ3v) is 3.13. The van der Waals surface area contributed by atoms with Crippen LogP contribution in [0.2, 0.25) is 0 Å². The molecule has 0 saturated carbocycles. The Morgan fingerprint density at radius 2 is 2.12 bits per heavy atom. The molecule has 1 fully saturated rings. The molecule has 1 aromatic carbocycles. The van der Waals surface area contributed by atoms with Crippen LogP contribution in [0.15, 0.2) is 18.2 Å². The fourth-order valence-electron chi connectivity index (χ4n) is 2.18. The predicted octanol–water partition coefficient (Wildman–Crippen LogP) is 1.65. The van der Waals surface area contributed by atoms with Crippen LogP contribution in [0, 0.1) is 6.92 Å². The van der Waals surface area contributed by atoms with E-state index in [4.69, 9.17) is 0 Å². The molecule has 0 amide bonds. The first kappa shape index (κ1) is 11.4. The van der Waals surface area contributed by atoms with E-state index in [0.29, 0.717) is 6.04 Å². The van der Waals surface area contributed by atoms with Crippen molar-refractivity contribution in [2.45, 2.75) is 32.4 Å². The molecule has 0 aromatic heterocycles. The fourth-order valence-corrected chi connectivity index (χ4v) is 2.18. The van der Waals surface area contributed by atoms with Crippen LogP contribution >= 0.6 is 0 Å². The number of aryl methyl sites for hydroxylation is 1. The second-order valence-electron chi connectivity index (χ2n) is 4.49. The summed E-state index contributed by atoms with van der Waals surface area (Å²) in [5, 5.41) is 16.2. The number of hydrogen-bond donors (Lipinski definition) is 3. The van der Waals surface area contributed by atoms with Gasteiger partial charge in [-0.2, -0.15) is 0 Å². The molecule has 88 valence electrons. The number of benzene rings is 1. The van der Waals surface area contributed by atoms with Crippen LogP contribution in [0.3, 0.4) is 0 Å². The zero-order chi connectivity index (χ0) is 11.4. The minimum Gasteiger partial charge on any atom is -0.392 e. The van der Waals surface area contributed by atoms with Crippen molar-refractivity contribution in [3.05, 3.63) is 29.3 Å². The minimum atomic E-state index is 0.106. The predicted molar refractivity (Wildman–Crippen MR) is 66.6 cm³/mol. The molecule has 1 saturated heterocycles. The molecule has 3 heteroatoms. The number of piperidine rings is 1. The number of aliphatic hydroxyl groups is 1. The first-order valence-electron chi connectivity index (χ1n) is 5.97. The zero-order valence-corrected chi connectivity index (χ0v) is 9.79. The van der Waals surface area contributed by atoms with Crippen molar-refractivity contribution in [1.29, 1.82) is 0 Å². The highest BCUT2D eigenvalue weighted by atomic mass is 16.3. The van der Waals surface area contributed by atoms with E-state index in [1.165, 1.54) is 5.56 Å². The molecule has 1 aliphatic heterocycles. The summed E-state index contributed by atoms with van der Waals surface area (Å²) in [7, 11) is 0. The van der Waals surface area contributed by atoms with Crippen molar-refractivity contribution >= 4 is 5.69 Å². The van der Waals surface area contributed by atoms with Crippen molar-refractivity contribution in [2.75, 3.05) is 18.4 Å². The Bertz CT molecular complexity index is 346. The van der Waals surface area contributed by atoms with E-state index in [1.807, 2.05) is 13.0 Å². The van der Waals surface area contributed by atoms with E-state index >= 15 is 0 Å². The van der Waals surface area contributed by atoms with E-state index < -0.39 is 0 Å². The number of hydrogen-bond acceptors (Lipinski definition) is 3. The lowest BCUT2D eigenvalue weighted by Crippen LogP contribution is -2.35. The summed E-state index contributed by atoms with van der Waals surface area (Å²) < 4.78 is 0. The van der Waals surface area contributed by atoms with Crippen LogP contribution < -0.4 is 10.6 Å². The third kappa shape index (κ3) is 2.74. The van der Waals surface area contributed by atoms with Crippen molar-refractivity contribution in [3.8, 4) is 0 Å². The molecule has 1 heterocycles. The van der Waals surface area contributed by atoms with Gasteiger partial charge in [-0.05, 0) is 38.9 Å². The molecule has 0 atom stereocenters. The molecule has 0 unspecified atom stereocenters. The molecule has 16 heavy (non-hydrogen) atoms. The van der Waals surface area contributed by atoms with Crippen LogP contribution in [0.1, 0.15) is 24.0 Å². The maximum absolute atomic E-state index is 9.32. The first-order chi connectivity index (χ1) is 7.79. The molecule has 0 spiro atoms. The molecular weight excluding hydrogens is 200 g/mol. The summed E-state index contributed by atoms with van der Waals surface area (Å²) >= 11 is 0. The summed E-state index contributed by atoms with van der Waals surface area (Å²) in [6, 6.07) is 6.74. The Morgan fingerprint density at radius 1 is 1.38 bits per heavy atom. The third-order valence-electron chi connectivity index (χ3n) is 3.13. The normalized spacial score (nSPS) is 17.4. The van der Waals surface area contributed by atoms with Gasteiger partial charge in [0.05, 0.1) is 6.61 Å². The zero-order valence-electron chi connectivity index (χ0n) is 9.79. The Morgan fingerprint density at radius 3 is 2.81 bits per heavy atom. The van der Waals surface area contributed by atoms with Gasteiger partial charge in [-0.3, -0.25) is 0 Å². The maximum atomic E-state index is 9.32. The SMILES string of the molecule is Cc1ccc(NC2CCNCC2)c(CO)c1. The van der Waals surface area contributed by atoms with E-state index in [1.54, 1.807) is 0 Å². The Kier molecular flexibility index (Phi) is 3.80. The number of nitrogens with one attached hydrogen (secondary N) is 2. The van der Waals surface area contributed by atoms with Crippen molar-refractivity contribution < 1.29 is 5.11 Å². The lowest BCUT2D eigenvalue weighted by molar-refractivity contribution is 0.282. The van der Waals surface area contributed by atoms with E-state index in [2.05, 4.69) is 22.8 Å². The molecule has 1 aliphatic rings. The smallest absolute Gasteiger partial charge is 0.0702 e. The van der Waals surface area contributed by atoms with E-state index in [-0.39, 0.29) is 6.61 Å². The van der Waals surface area contributed by atoms with Gasteiger partial charge >= 0.3 is 0 Å². The van der Waals surface area contributed by atoms with Gasteiger partial charge in [0.25, 0.3) is 0 Å². The average Bonchev–Trinajstić information content (AvgIpc) is 2.33. The lowest BCUT2D eigenvalue weighted by Gasteiger charge is -2.25. The number of anilines is 1. The highest BCUT2D eigenvalue weighted by Crippen LogP contribution is 2.20. The summed E-state index contributed by atoms with van der Waals surface area (Å²) in [4.78, 5) is 0. The summed E-state index contributed by atoms with van der Waals surface area (Å²) in [5.74, 6) is 0. The second-order valence-corrected chi connectivity index (χ2v) is 4.49. The van der Waals surface area contributed by atoms with Gasteiger partial charge < -0.3 is 15.7 Å². The Hall–Kier alpha value is -1.06. The topological polar surface area (TPSA) is 44.3 Å². The van der Waals surface area contributed by atoms with Crippen molar-refractivity contribution in [3.63, 3.8) is 0 Å². The first-order valence-corrected chi connectivity index (χ1v) is 5.97. The Balaban J connectivity index is 2.07. The van der Waals surface area contributed by atoms with Crippen LogP contribution in [-0.4, -0.2) is 24.2 Å². The van der Waals surface area contributed by atoms with Gasteiger partial charge in [-0.25, -0.2) is 0 Å². The quantitative estimate of drug-likeness (QED) is 0.726. The molecule has 1 aromatic rings. The van der Waals surface area contributed by atoms with Crippen LogP contribution in [0.4, 0.5) is 5.69 Å². The van der Waals surface area contributed by atoms with Crippen molar-refractivity contribution in [1.82, 2.24) is 5.32 Å². The molecule has 0 radical (unpaired) electrons. The molecule has 0 aliphatic carbocycles. The number of rotatable bonds is 3. The van der Waals surface area contributed by atoms with Crippen molar-refractivity contribution in [2.24, 2.45) is 0 Å². The highest BCUT2D eigenvalue weighted by Gasteiger charge is 2.13. The minimum absolute atomic E-state index is 0.106. The van der Waals surface area contributed by atoms with Gasteiger partial charge in [0, 0.05) is 17.3 Å². The maximum Gasteiger partial charge on any atom is 0.0702 e. The van der Waals surface area contributed by atoms with Gasteiger partial charge in [0.15, 0.2) is 0 Å². The Labute approximate surface area is 96.9 Å². The molecule has 0 bridgehead atoms. The molecular formula is C13H20N2O. The summed E-state index contributed by atoms with van der Waals surface area (Å²) in [5.41, 5.74) is 3.28. The molecule has 3 N–H and O–H groups in total. The van der Waals surface area contributed by atoms with Crippen LogP contribution in [0.5, 0.6) is 0 Å². The standard InChI is InChI=1S/C13H20N2O/c1-10-2-3-13(11(8-10)9-16)15-12-4-6-14-7-5-12/h2-3,8,12,14-16H,4-7,9H2,1H3. The summed E-state index contributed by atoms with van der Waals surface area (Å²) in [6.07, 6.45) is 2.30. The molecule has 2 rings (SSSR count). The highest BCUT2D eigenvalue weighted by molar-refractivity contribution is 5.53. The lowest BCUT2D eigenvalue weighted by atomic mass is 10.0. The van der Waals surface area contributed by atoms with E-state index in [9.17, 15) is 5.11 Å². The van der Waals surface area contributed by atoms with Crippen LogP contribution in [0.25, 0.3) is 0 Å². The summed E-state index contributed by atoms with van der Waals surface area (Å²) in [6.45, 7) is 4.32. The monoisotopic (exact) mass is 220 g/mol. The van der Waals surface area contributed by atoms with E-state index in [0.717, 1.165) is 37.2 Å². The number of aliphatic hydroxyl groups excluding tert-OH is 1. The van der Waals surface area contributed by atoms with Gasteiger partial charge in [0.2, 0.25) is 0 Å². The average molecular weight is 220 g/mol. The van der Waals surface area contributed by atoms with Gasteiger partial charge in [-0.1, -0.05) is 17.7 Å². The van der Waals surface area contributed by atoms with Crippen LogP contribution in [-0.2, 0) is 6.61 Å². The van der Waals surface area contributed by atoms with Gasteiger partial charge in [-0.15, -0.1) is 0 Å². The van der Waals surface area contributed by atoms with Gasteiger partial charge in [0.1, 0.15) is 0 Å². The second kappa shape index (κ2) is 5.32. The largest absolute Gasteiger partial charge is 0.392 e. The fraction of sp³-hybridized carbons (Fsp3) is 0.538.